The highest BCUT2D eigenvalue weighted by atomic mass is 35.5. The van der Waals surface area contributed by atoms with Gasteiger partial charge in [0.1, 0.15) is 11.0 Å². The van der Waals surface area contributed by atoms with Gasteiger partial charge in [0.2, 0.25) is 0 Å². The van der Waals surface area contributed by atoms with Crippen LogP contribution in [0.1, 0.15) is 49.1 Å². The van der Waals surface area contributed by atoms with Gasteiger partial charge in [-0.2, -0.15) is 0 Å². The number of nitrogens with zero attached hydrogens (tertiary/aromatic N) is 2. The Labute approximate surface area is 202 Å². The van der Waals surface area contributed by atoms with Crippen molar-refractivity contribution in [1.29, 1.82) is 0 Å². The molecule has 0 radical (unpaired) electrons. The van der Waals surface area contributed by atoms with Crippen LogP contribution in [-0.2, 0) is 9.53 Å². The third-order valence-electron chi connectivity index (χ3n) is 5.84. The van der Waals surface area contributed by atoms with Gasteiger partial charge in [0.25, 0.3) is 0 Å². The first-order chi connectivity index (χ1) is 15.9. The Morgan fingerprint density at radius 2 is 1.74 bits per heavy atom. The van der Waals surface area contributed by atoms with E-state index < -0.39 is 23.5 Å². The molecule has 0 fully saturated rings. The number of aromatic nitrogens is 2. The average molecular weight is 481 g/mol. The van der Waals surface area contributed by atoms with Crippen LogP contribution in [0.4, 0.5) is 4.39 Å². The van der Waals surface area contributed by atoms with Crippen molar-refractivity contribution >= 4 is 39.4 Å². The van der Waals surface area contributed by atoms with Crippen LogP contribution in [0.15, 0.2) is 36.5 Å². The minimum atomic E-state index is -1.24. The van der Waals surface area contributed by atoms with Crippen molar-refractivity contribution in [3.63, 3.8) is 0 Å². The second-order valence-electron chi connectivity index (χ2n) is 9.53. The summed E-state index contributed by atoms with van der Waals surface area (Å²) in [5.74, 6) is -1.61. The lowest BCUT2D eigenvalue weighted by molar-refractivity contribution is -0.160. The number of pyridine rings is 2. The fourth-order valence-electron chi connectivity index (χ4n) is 4.40. The van der Waals surface area contributed by atoms with E-state index >= 15 is 0 Å². The van der Waals surface area contributed by atoms with Gasteiger partial charge in [-0.05, 0) is 69.9 Å². The predicted octanol–water partition coefficient (Wildman–Crippen LogP) is 7.11. The number of carboxylic acids is 1. The molecular formula is C27H26ClFN2O3. The summed E-state index contributed by atoms with van der Waals surface area (Å²) >= 11 is 6.44. The summed E-state index contributed by atoms with van der Waals surface area (Å²) in [7, 11) is 0. The largest absolute Gasteiger partial charge is 0.479 e. The second kappa shape index (κ2) is 8.60. The van der Waals surface area contributed by atoms with Crippen molar-refractivity contribution in [2.75, 3.05) is 0 Å². The Kier molecular flexibility index (Phi) is 6.08. The molecule has 4 aromatic rings. The number of hydrogen-bond acceptors (Lipinski definition) is 4. The number of fused-ring (bicyclic) bond motifs is 3. The molecule has 176 valence electrons. The Morgan fingerprint density at radius 1 is 1.09 bits per heavy atom. The monoisotopic (exact) mass is 480 g/mol. The molecule has 7 heteroatoms. The first-order valence-electron chi connectivity index (χ1n) is 10.9. The van der Waals surface area contributed by atoms with Crippen LogP contribution >= 0.6 is 11.6 Å². The number of aliphatic carboxylic acids is 1. The van der Waals surface area contributed by atoms with Crippen LogP contribution in [0, 0.1) is 26.6 Å². The number of carboxylic acid groups (broad SMARTS) is 1. The molecule has 0 amide bonds. The molecule has 2 aromatic heterocycles. The highest BCUT2D eigenvalue weighted by Gasteiger charge is 2.33. The van der Waals surface area contributed by atoms with Crippen LogP contribution in [0.2, 0.25) is 5.15 Å². The number of hydrogen-bond donors (Lipinski definition) is 1. The van der Waals surface area contributed by atoms with Gasteiger partial charge in [-0.1, -0.05) is 41.4 Å². The average Bonchev–Trinajstić information content (AvgIpc) is 2.75. The number of aryl methyl sites for hydroxylation is 3. The maximum Gasteiger partial charge on any atom is 0.337 e. The maximum absolute atomic E-state index is 14.0. The predicted molar refractivity (Wildman–Crippen MR) is 133 cm³/mol. The SMILES string of the molecule is Cc1ccc(-c2c([C@H](OC(C)(C)C)C(=O)O)c(C)c3nc(Cl)c4cc(F)cnc4c3c2C)cc1. The lowest BCUT2D eigenvalue weighted by Gasteiger charge is -2.29. The number of ether oxygens (including phenoxy) is 1. The van der Waals surface area contributed by atoms with E-state index in [2.05, 4.69) is 9.97 Å². The quantitative estimate of drug-likeness (QED) is 0.249. The smallest absolute Gasteiger partial charge is 0.337 e. The van der Waals surface area contributed by atoms with Gasteiger partial charge in [-0.3, -0.25) is 4.98 Å². The normalized spacial score (nSPS) is 12.9. The summed E-state index contributed by atoms with van der Waals surface area (Å²) in [6.07, 6.45) is -0.0911. The summed E-state index contributed by atoms with van der Waals surface area (Å²) in [5, 5.41) is 11.4. The lowest BCUT2D eigenvalue weighted by atomic mass is 9.85. The van der Waals surface area contributed by atoms with Crippen molar-refractivity contribution < 1.29 is 19.0 Å². The number of benzene rings is 2. The molecule has 0 aliphatic rings. The third-order valence-corrected chi connectivity index (χ3v) is 6.12. The van der Waals surface area contributed by atoms with Gasteiger partial charge in [0.05, 0.1) is 22.8 Å². The zero-order chi connectivity index (χ0) is 24.9. The molecule has 4 rings (SSSR count). The molecule has 0 aliphatic carbocycles. The van der Waals surface area contributed by atoms with Crippen molar-refractivity contribution in [2.24, 2.45) is 0 Å². The minimum Gasteiger partial charge on any atom is -0.479 e. The molecular weight excluding hydrogens is 455 g/mol. The van der Waals surface area contributed by atoms with Crippen LogP contribution in [-0.4, -0.2) is 26.6 Å². The van der Waals surface area contributed by atoms with E-state index in [1.165, 1.54) is 6.07 Å². The Morgan fingerprint density at radius 3 is 2.32 bits per heavy atom. The van der Waals surface area contributed by atoms with Gasteiger partial charge >= 0.3 is 5.97 Å². The van der Waals surface area contributed by atoms with E-state index in [0.29, 0.717) is 32.9 Å². The van der Waals surface area contributed by atoms with E-state index in [-0.39, 0.29) is 5.15 Å². The fraction of sp³-hybridized carbons (Fsp3) is 0.296. The first kappa shape index (κ1) is 24.0. The summed E-state index contributed by atoms with van der Waals surface area (Å²) < 4.78 is 20.0. The maximum atomic E-state index is 14.0. The molecule has 34 heavy (non-hydrogen) atoms. The molecule has 0 aliphatic heterocycles. The van der Waals surface area contributed by atoms with Crippen molar-refractivity contribution in [2.45, 2.75) is 53.2 Å². The Hall–Kier alpha value is -3.09. The summed E-state index contributed by atoms with van der Waals surface area (Å²) in [6.45, 7) is 11.2. The third kappa shape index (κ3) is 4.24. The van der Waals surface area contributed by atoms with Gasteiger partial charge in [-0.15, -0.1) is 0 Å². The van der Waals surface area contributed by atoms with Crippen molar-refractivity contribution in [3.8, 4) is 11.1 Å². The zero-order valence-electron chi connectivity index (χ0n) is 20.0. The molecule has 2 heterocycles. The standard InChI is InChI=1S/C27H26ClFN2O3/c1-13-7-9-16(10-8-13)19-14(2)21-22(31-25(28)18-11-17(29)12-30-23(18)21)15(3)20(19)24(26(32)33)34-27(4,5)6/h7-12,24H,1-6H3,(H,32,33)/t24-/m0/s1. The van der Waals surface area contributed by atoms with E-state index in [0.717, 1.165) is 28.5 Å². The Balaban J connectivity index is 2.22. The summed E-state index contributed by atoms with van der Waals surface area (Å²) in [5.41, 5.74) is 4.90. The number of rotatable bonds is 4. The van der Waals surface area contributed by atoms with E-state index in [1.54, 1.807) is 0 Å². The molecule has 5 nitrogen and oxygen atoms in total. The van der Waals surface area contributed by atoms with E-state index in [1.807, 2.05) is 65.8 Å². The molecule has 2 aromatic carbocycles. The summed E-state index contributed by atoms with van der Waals surface area (Å²) in [4.78, 5) is 21.4. The van der Waals surface area contributed by atoms with Crippen LogP contribution in [0.3, 0.4) is 0 Å². The lowest BCUT2D eigenvalue weighted by Crippen LogP contribution is -2.28. The van der Waals surface area contributed by atoms with Crippen LogP contribution in [0.25, 0.3) is 32.9 Å². The topological polar surface area (TPSA) is 72.3 Å². The molecule has 0 saturated heterocycles. The number of carbonyl (C=O) groups is 1. The number of halogens is 2. The van der Waals surface area contributed by atoms with Crippen LogP contribution in [0.5, 0.6) is 0 Å². The Bertz CT molecular complexity index is 1440. The minimum absolute atomic E-state index is 0.106. The molecule has 0 saturated carbocycles. The van der Waals surface area contributed by atoms with Crippen molar-refractivity contribution in [1.82, 2.24) is 9.97 Å². The van der Waals surface area contributed by atoms with Gasteiger partial charge in [0, 0.05) is 16.3 Å². The van der Waals surface area contributed by atoms with E-state index in [9.17, 15) is 14.3 Å². The fourth-order valence-corrected chi connectivity index (χ4v) is 4.63. The molecule has 1 N–H and O–H groups in total. The highest BCUT2D eigenvalue weighted by Crippen LogP contribution is 2.44. The van der Waals surface area contributed by atoms with Crippen LogP contribution < -0.4 is 0 Å². The van der Waals surface area contributed by atoms with Gasteiger partial charge in [0.15, 0.2) is 6.10 Å². The summed E-state index contributed by atoms with van der Waals surface area (Å²) in [6, 6.07) is 9.19. The molecule has 0 unspecified atom stereocenters. The first-order valence-corrected chi connectivity index (χ1v) is 11.3. The molecule has 1 atom stereocenters. The molecule has 0 spiro atoms. The second-order valence-corrected chi connectivity index (χ2v) is 9.89. The zero-order valence-corrected chi connectivity index (χ0v) is 20.7. The van der Waals surface area contributed by atoms with Crippen molar-refractivity contribution in [3.05, 3.63) is 69.8 Å². The molecule has 0 bridgehead atoms. The van der Waals surface area contributed by atoms with Gasteiger partial charge < -0.3 is 9.84 Å². The highest BCUT2D eigenvalue weighted by molar-refractivity contribution is 6.35. The van der Waals surface area contributed by atoms with Gasteiger partial charge in [-0.25, -0.2) is 14.2 Å². The van der Waals surface area contributed by atoms with E-state index in [4.69, 9.17) is 16.3 Å².